The molecule has 0 aromatic heterocycles. The highest BCUT2D eigenvalue weighted by Crippen LogP contribution is 2.68. The average molecular weight is 453 g/mol. The van der Waals surface area contributed by atoms with E-state index in [1.165, 1.54) is 7.11 Å². The van der Waals surface area contributed by atoms with Gasteiger partial charge < -0.3 is 23.8 Å². The van der Waals surface area contributed by atoms with Crippen molar-refractivity contribution in [2.24, 2.45) is 16.5 Å². The van der Waals surface area contributed by atoms with Gasteiger partial charge in [-0.2, -0.15) is 0 Å². The standard InChI is InChI=1S/C25H27NO7/c1-12(2)16-9-17(30-11-14-5-7-15(8-6-14)23(28)29-4)24(10-16)13(3)26-33-25(24)21-19(31-21)18(27)20-22(25)32-20/h5-8,16-17,19-22H,1,9-11H2,2-4H3/t16-,17-,19-,20+,21-,22+,24-,25?/m0/s1. The Hall–Kier alpha value is -2.55. The lowest BCUT2D eigenvalue weighted by atomic mass is 9.60. The molecule has 0 N–H and O–H groups in total. The molecule has 174 valence electrons. The number of nitrogens with zero attached hydrogens (tertiary/aromatic N) is 1. The predicted octanol–water partition coefficient (Wildman–Crippen LogP) is 2.59. The van der Waals surface area contributed by atoms with Crippen LogP contribution in [0.25, 0.3) is 0 Å². The largest absolute Gasteiger partial charge is 0.465 e. The van der Waals surface area contributed by atoms with Crippen LogP contribution >= 0.6 is 0 Å². The zero-order valence-corrected chi connectivity index (χ0v) is 18.9. The molecule has 2 aliphatic carbocycles. The predicted molar refractivity (Wildman–Crippen MR) is 116 cm³/mol. The van der Waals surface area contributed by atoms with Gasteiger partial charge in [0.05, 0.1) is 36.5 Å². The highest BCUT2D eigenvalue weighted by atomic mass is 16.7. The third kappa shape index (κ3) is 2.71. The molecule has 2 spiro atoms. The van der Waals surface area contributed by atoms with Gasteiger partial charge in [-0.15, -0.1) is 0 Å². The van der Waals surface area contributed by atoms with Gasteiger partial charge in [0.15, 0.2) is 5.78 Å². The molecule has 2 saturated carbocycles. The summed E-state index contributed by atoms with van der Waals surface area (Å²) in [5, 5.41) is 4.45. The van der Waals surface area contributed by atoms with Crippen LogP contribution in [0, 0.1) is 11.3 Å². The number of fused-ring (bicyclic) bond motifs is 5. The minimum atomic E-state index is -0.857. The summed E-state index contributed by atoms with van der Waals surface area (Å²) in [5.41, 5.74) is 1.96. The number of allylic oxidation sites excluding steroid dienone is 1. The molecule has 5 aliphatic rings. The van der Waals surface area contributed by atoms with Gasteiger partial charge in [0.25, 0.3) is 0 Å². The third-order valence-corrected chi connectivity index (χ3v) is 8.21. The monoisotopic (exact) mass is 453 g/mol. The fraction of sp³-hybridized carbons (Fsp3) is 0.560. The molecule has 8 heteroatoms. The van der Waals surface area contributed by atoms with E-state index in [-0.39, 0.29) is 36.0 Å². The number of ether oxygens (including phenoxy) is 4. The molecule has 33 heavy (non-hydrogen) atoms. The van der Waals surface area contributed by atoms with Crippen LogP contribution in [0.2, 0.25) is 0 Å². The molecule has 4 fully saturated rings. The van der Waals surface area contributed by atoms with E-state index in [0.29, 0.717) is 12.2 Å². The molecule has 8 nitrogen and oxygen atoms in total. The summed E-state index contributed by atoms with van der Waals surface area (Å²) in [6.45, 7) is 8.59. The molecule has 1 aromatic rings. The first-order valence-electron chi connectivity index (χ1n) is 11.4. The van der Waals surface area contributed by atoms with E-state index in [9.17, 15) is 9.59 Å². The summed E-state index contributed by atoms with van der Waals surface area (Å²) in [7, 11) is 1.36. The number of rotatable bonds is 5. The molecule has 0 bridgehead atoms. The Morgan fingerprint density at radius 2 is 1.88 bits per heavy atom. The summed E-state index contributed by atoms with van der Waals surface area (Å²) >= 11 is 0. The van der Waals surface area contributed by atoms with Gasteiger partial charge in [-0.1, -0.05) is 29.4 Å². The summed E-state index contributed by atoms with van der Waals surface area (Å²) in [5.74, 6) is -0.132. The summed E-state index contributed by atoms with van der Waals surface area (Å²) in [4.78, 5) is 30.4. The number of carbonyl (C=O) groups excluding carboxylic acids is 2. The van der Waals surface area contributed by atoms with Crippen molar-refractivity contribution in [3.05, 3.63) is 47.5 Å². The Morgan fingerprint density at radius 1 is 1.21 bits per heavy atom. The molecule has 1 aromatic carbocycles. The van der Waals surface area contributed by atoms with Crippen LogP contribution in [0.4, 0.5) is 0 Å². The SMILES string of the molecule is C=C(C)[C@H]1C[C@H](OCc2ccc(C(=O)OC)cc2)[C@]2(C1)C(C)=NOC21[C@@H]2O[C@@H]2C(=O)[C@@H]2O[C@@H]21. The van der Waals surface area contributed by atoms with E-state index >= 15 is 0 Å². The Kier molecular flexibility index (Phi) is 4.44. The maximum atomic E-state index is 12.5. The lowest BCUT2D eigenvalue weighted by Crippen LogP contribution is -2.64. The molecule has 3 aliphatic heterocycles. The van der Waals surface area contributed by atoms with E-state index in [1.807, 2.05) is 26.0 Å². The van der Waals surface area contributed by atoms with Gasteiger partial charge in [0.2, 0.25) is 5.60 Å². The number of hydrogen-bond donors (Lipinski definition) is 0. The molecule has 2 saturated heterocycles. The molecule has 0 amide bonds. The lowest BCUT2D eigenvalue weighted by molar-refractivity contribution is -0.155. The fourth-order valence-electron chi connectivity index (χ4n) is 6.33. The Balaban J connectivity index is 1.31. The molecule has 6 rings (SSSR count). The topological polar surface area (TPSA) is 99.2 Å². The van der Waals surface area contributed by atoms with Gasteiger partial charge in [0, 0.05) is 0 Å². The number of esters is 1. The highest BCUT2D eigenvalue weighted by Gasteiger charge is 2.87. The maximum absolute atomic E-state index is 12.5. The van der Waals surface area contributed by atoms with Crippen molar-refractivity contribution in [1.29, 1.82) is 0 Å². The molecule has 8 atom stereocenters. The Morgan fingerprint density at radius 3 is 2.48 bits per heavy atom. The number of hydrogen-bond acceptors (Lipinski definition) is 8. The zero-order chi connectivity index (χ0) is 23.1. The van der Waals surface area contributed by atoms with E-state index < -0.39 is 23.2 Å². The van der Waals surface area contributed by atoms with Crippen LogP contribution in [0.1, 0.15) is 42.6 Å². The maximum Gasteiger partial charge on any atom is 0.337 e. The number of methoxy groups -OCH3 is 1. The van der Waals surface area contributed by atoms with Crippen molar-refractivity contribution in [3.63, 3.8) is 0 Å². The van der Waals surface area contributed by atoms with Crippen LogP contribution in [0.5, 0.6) is 0 Å². The summed E-state index contributed by atoms with van der Waals surface area (Å²) < 4.78 is 23.1. The van der Waals surface area contributed by atoms with Crippen molar-refractivity contribution >= 4 is 17.5 Å². The number of oxime groups is 1. The molecule has 3 heterocycles. The minimum Gasteiger partial charge on any atom is -0.465 e. The van der Waals surface area contributed by atoms with E-state index in [2.05, 4.69) is 11.7 Å². The highest BCUT2D eigenvalue weighted by molar-refractivity contribution is 5.98. The van der Waals surface area contributed by atoms with Gasteiger partial charge >= 0.3 is 5.97 Å². The summed E-state index contributed by atoms with van der Waals surface area (Å²) in [6, 6.07) is 7.20. The molecular weight excluding hydrogens is 426 g/mol. The zero-order valence-electron chi connectivity index (χ0n) is 18.9. The van der Waals surface area contributed by atoms with Gasteiger partial charge in [-0.3, -0.25) is 4.79 Å². The first kappa shape index (κ1) is 21.0. The Labute approximate surface area is 191 Å². The van der Waals surface area contributed by atoms with Crippen LogP contribution < -0.4 is 0 Å². The average Bonchev–Trinajstić information content (AvgIpc) is 3.73. The molecule has 0 radical (unpaired) electrons. The second-order valence-corrected chi connectivity index (χ2v) is 9.86. The fourth-order valence-corrected chi connectivity index (χ4v) is 6.33. The Bertz CT molecular complexity index is 1060. The minimum absolute atomic E-state index is 0.0107. The second-order valence-electron chi connectivity index (χ2n) is 9.86. The number of carbonyl (C=O) groups is 2. The number of benzene rings is 1. The van der Waals surface area contributed by atoms with Gasteiger partial charge in [0.1, 0.15) is 24.4 Å². The number of epoxide rings is 2. The summed E-state index contributed by atoms with van der Waals surface area (Å²) in [6.07, 6.45) is -0.390. The lowest BCUT2D eigenvalue weighted by Gasteiger charge is -2.44. The second kappa shape index (κ2) is 6.98. The van der Waals surface area contributed by atoms with Gasteiger partial charge in [-0.05, 0) is 50.3 Å². The normalized spacial score (nSPS) is 41.9. The van der Waals surface area contributed by atoms with Crippen molar-refractivity contribution in [2.45, 2.75) is 69.4 Å². The molecule has 1 unspecified atom stereocenters. The van der Waals surface area contributed by atoms with Crippen LogP contribution in [0.3, 0.4) is 0 Å². The number of ketones is 1. The van der Waals surface area contributed by atoms with E-state index in [4.69, 9.17) is 23.8 Å². The van der Waals surface area contributed by atoms with Gasteiger partial charge in [-0.25, -0.2) is 4.79 Å². The van der Waals surface area contributed by atoms with E-state index in [1.54, 1.807) is 12.1 Å². The van der Waals surface area contributed by atoms with Crippen LogP contribution in [-0.4, -0.2) is 60.7 Å². The quantitative estimate of drug-likeness (QED) is 0.384. The molecular formula is C25H27NO7. The van der Waals surface area contributed by atoms with Crippen molar-refractivity contribution in [1.82, 2.24) is 0 Å². The van der Waals surface area contributed by atoms with Crippen LogP contribution in [-0.2, 0) is 35.2 Å². The number of Topliss-reactive ketones (excluding diaryl/α,β-unsaturated/α-hetero) is 1. The smallest absolute Gasteiger partial charge is 0.337 e. The van der Waals surface area contributed by atoms with Crippen molar-refractivity contribution in [3.8, 4) is 0 Å². The first-order chi connectivity index (χ1) is 15.8. The third-order valence-electron chi connectivity index (χ3n) is 8.21. The van der Waals surface area contributed by atoms with Crippen molar-refractivity contribution < 1.29 is 33.4 Å². The van der Waals surface area contributed by atoms with E-state index in [0.717, 1.165) is 29.7 Å². The van der Waals surface area contributed by atoms with Crippen LogP contribution in [0.15, 0.2) is 41.6 Å². The first-order valence-corrected chi connectivity index (χ1v) is 11.4. The van der Waals surface area contributed by atoms with Crippen molar-refractivity contribution in [2.75, 3.05) is 7.11 Å².